The van der Waals surface area contributed by atoms with Gasteiger partial charge in [-0.25, -0.2) is 0 Å². The Balaban J connectivity index is 1.48. The first-order valence-electron chi connectivity index (χ1n) is 12.0. The van der Waals surface area contributed by atoms with E-state index < -0.39 is 0 Å². The third kappa shape index (κ3) is 5.79. The zero-order valence-electron chi connectivity index (χ0n) is 19.6. The lowest BCUT2D eigenvalue weighted by Gasteiger charge is -2.15. The second kappa shape index (κ2) is 11.4. The highest BCUT2D eigenvalue weighted by molar-refractivity contribution is 6.04. The molecule has 0 aliphatic heterocycles. The fourth-order valence-corrected chi connectivity index (χ4v) is 4.50. The van der Waals surface area contributed by atoms with Crippen LogP contribution in [0.2, 0.25) is 0 Å². The van der Waals surface area contributed by atoms with Crippen LogP contribution in [0.5, 0.6) is 11.5 Å². The quantitative estimate of drug-likeness (QED) is 0.276. The Labute approximate surface area is 200 Å². The number of nitrogens with one attached hydrogen (secondary N) is 1. The van der Waals surface area contributed by atoms with Crippen LogP contribution in [0.15, 0.2) is 60.3 Å². The van der Waals surface area contributed by atoms with Crippen molar-refractivity contribution in [3.8, 4) is 17.6 Å². The summed E-state index contributed by atoms with van der Waals surface area (Å²) in [4.78, 5) is 12.8. The highest BCUT2D eigenvalue weighted by Gasteiger charge is 2.18. The molecule has 1 amide bonds. The number of methoxy groups -OCH3 is 1. The number of nitrogens with zero attached hydrogens (tertiary/aromatic N) is 2. The van der Waals surface area contributed by atoms with Crippen LogP contribution in [0.4, 0.5) is 0 Å². The number of benzene rings is 2. The summed E-state index contributed by atoms with van der Waals surface area (Å²) < 4.78 is 13.2. The number of carbonyl (C=O) groups is 1. The summed E-state index contributed by atoms with van der Waals surface area (Å²) in [5, 5.41) is 13.8. The number of amides is 1. The molecule has 0 spiro atoms. The molecule has 0 unspecified atom stereocenters. The van der Waals surface area contributed by atoms with Crippen LogP contribution in [0, 0.1) is 11.3 Å². The number of hydrogen-bond acceptors (Lipinski definition) is 4. The van der Waals surface area contributed by atoms with Gasteiger partial charge in [0.25, 0.3) is 5.91 Å². The van der Waals surface area contributed by atoms with Crippen molar-refractivity contribution >= 4 is 22.9 Å². The number of carbonyl (C=O) groups excluding carboxylic acids is 1. The fraction of sp³-hybridized carbons (Fsp3) is 0.357. The highest BCUT2D eigenvalue weighted by Crippen LogP contribution is 2.25. The van der Waals surface area contributed by atoms with Gasteiger partial charge < -0.3 is 19.4 Å². The van der Waals surface area contributed by atoms with E-state index in [4.69, 9.17) is 9.47 Å². The molecule has 0 atom stereocenters. The van der Waals surface area contributed by atoms with Crippen molar-refractivity contribution in [1.82, 2.24) is 9.88 Å². The number of aromatic nitrogens is 1. The van der Waals surface area contributed by atoms with E-state index in [2.05, 4.69) is 16.0 Å². The largest absolute Gasteiger partial charge is 0.497 e. The first-order valence-corrected chi connectivity index (χ1v) is 12.0. The van der Waals surface area contributed by atoms with E-state index in [1.807, 2.05) is 54.7 Å². The molecule has 34 heavy (non-hydrogen) atoms. The molecule has 0 radical (unpaired) electrons. The van der Waals surface area contributed by atoms with Crippen LogP contribution in [0.25, 0.3) is 17.0 Å². The van der Waals surface area contributed by atoms with Gasteiger partial charge in [-0.3, -0.25) is 4.79 Å². The van der Waals surface area contributed by atoms with Gasteiger partial charge in [0.15, 0.2) is 0 Å². The van der Waals surface area contributed by atoms with Gasteiger partial charge in [-0.05, 0) is 49.2 Å². The molecule has 1 N–H and O–H groups in total. The van der Waals surface area contributed by atoms with Crippen molar-refractivity contribution in [3.05, 3.63) is 65.9 Å². The number of ether oxygens (including phenoxy) is 2. The molecule has 1 aromatic heterocycles. The van der Waals surface area contributed by atoms with Crippen molar-refractivity contribution in [2.24, 2.45) is 0 Å². The number of para-hydroxylation sites is 1. The number of fused-ring (bicyclic) bond motifs is 1. The maximum atomic E-state index is 12.8. The third-order valence-corrected chi connectivity index (χ3v) is 6.34. The van der Waals surface area contributed by atoms with E-state index in [1.54, 1.807) is 13.2 Å². The standard InChI is InChI=1S/C28H31N3O3/c1-33-24-12-14-25(15-13-24)34-17-16-31-20-22(26-10-6-7-11-27(26)31)18-21(19-29)28(32)30-23-8-4-2-3-5-9-23/h6-7,10-15,18,20,23H,2-5,8-9,16-17H2,1H3,(H,30,32)/b21-18+. The monoisotopic (exact) mass is 457 g/mol. The smallest absolute Gasteiger partial charge is 0.262 e. The second-order valence-electron chi connectivity index (χ2n) is 8.65. The summed E-state index contributed by atoms with van der Waals surface area (Å²) in [6.07, 6.45) is 10.3. The van der Waals surface area contributed by atoms with Gasteiger partial charge in [-0.2, -0.15) is 5.26 Å². The van der Waals surface area contributed by atoms with Gasteiger partial charge in [0.1, 0.15) is 29.7 Å². The van der Waals surface area contributed by atoms with Crippen molar-refractivity contribution in [1.29, 1.82) is 5.26 Å². The lowest BCUT2D eigenvalue weighted by atomic mass is 10.1. The van der Waals surface area contributed by atoms with Gasteiger partial charge in [-0.15, -0.1) is 0 Å². The minimum atomic E-state index is -0.283. The molecule has 0 saturated heterocycles. The molecule has 1 fully saturated rings. The summed E-state index contributed by atoms with van der Waals surface area (Å²) in [7, 11) is 1.64. The second-order valence-corrected chi connectivity index (χ2v) is 8.65. The summed E-state index contributed by atoms with van der Waals surface area (Å²) in [5.74, 6) is 1.28. The van der Waals surface area contributed by atoms with Crippen molar-refractivity contribution in [2.45, 2.75) is 51.1 Å². The molecule has 2 aromatic carbocycles. The molecular weight excluding hydrogens is 426 g/mol. The molecule has 1 aliphatic carbocycles. The van der Waals surface area contributed by atoms with Gasteiger partial charge in [0.2, 0.25) is 0 Å². The Morgan fingerprint density at radius 3 is 2.50 bits per heavy atom. The predicted molar refractivity (Wildman–Crippen MR) is 134 cm³/mol. The molecule has 1 saturated carbocycles. The maximum Gasteiger partial charge on any atom is 0.262 e. The number of hydrogen-bond donors (Lipinski definition) is 1. The van der Waals surface area contributed by atoms with E-state index in [1.165, 1.54) is 12.8 Å². The van der Waals surface area contributed by atoms with Crippen LogP contribution in [-0.4, -0.2) is 30.2 Å². The minimum Gasteiger partial charge on any atom is -0.497 e. The molecular formula is C28H31N3O3. The highest BCUT2D eigenvalue weighted by atomic mass is 16.5. The van der Waals surface area contributed by atoms with Crippen LogP contribution < -0.4 is 14.8 Å². The average molecular weight is 458 g/mol. The van der Waals surface area contributed by atoms with E-state index in [9.17, 15) is 10.1 Å². The van der Waals surface area contributed by atoms with Gasteiger partial charge in [0, 0.05) is 28.7 Å². The fourth-order valence-electron chi connectivity index (χ4n) is 4.50. The lowest BCUT2D eigenvalue weighted by Crippen LogP contribution is -2.35. The first kappa shape index (κ1) is 23.4. The first-order chi connectivity index (χ1) is 16.7. The van der Waals surface area contributed by atoms with E-state index in [0.717, 1.165) is 53.6 Å². The normalized spacial score (nSPS) is 14.9. The van der Waals surface area contributed by atoms with Crippen molar-refractivity contribution in [3.63, 3.8) is 0 Å². The SMILES string of the molecule is COc1ccc(OCCn2cc(/C=C(\C#N)C(=O)NC3CCCCCC3)c3ccccc32)cc1. The number of rotatable bonds is 8. The summed E-state index contributed by atoms with van der Waals surface area (Å²) in [6, 6.07) is 17.8. The lowest BCUT2D eigenvalue weighted by molar-refractivity contribution is -0.117. The molecule has 3 aromatic rings. The van der Waals surface area contributed by atoms with Crippen LogP contribution in [0.3, 0.4) is 0 Å². The predicted octanol–water partition coefficient (Wildman–Crippen LogP) is 5.47. The molecule has 6 heteroatoms. The molecule has 0 bridgehead atoms. The molecule has 4 rings (SSSR count). The summed E-state index contributed by atoms with van der Waals surface area (Å²) in [6.45, 7) is 1.12. The third-order valence-electron chi connectivity index (χ3n) is 6.34. The Kier molecular flexibility index (Phi) is 7.87. The summed E-state index contributed by atoms with van der Waals surface area (Å²) in [5.41, 5.74) is 2.03. The summed E-state index contributed by atoms with van der Waals surface area (Å²) >= 11 is 0. The molecule has 6 nitrogen and oxygen atoms in total. The zero-order valence-corrected chi connectivity index (χ0v) is 19.6. The van der Waals surface area contributed by atoms with Crippen molar-refractivity contribution < 1.29 is 14.3 Å². The Bertz CT molecular complexity index is 1180. The number of nitriles is 1. The van der Waals surface area contributed by atoms with E-state index in [-0.39, 0.29) is 17.5 Å². The Morgan fingerprint density at radius 2 is 1.79 bits per heavy atom. The van der Waals surface area contributed by atoms with Gasteiger partial charge in [0.05, 0.1) is 13.7 Å². The molecule has 176 valence electrons. The molecule has 1 aliphatic rings. The van der Waals surface area contributed by atoms with Gasteiger partial charge >= 0.3 is 0 Å². The van der Waals surface area contributed by atoms with Crippen LogP contribution in [0.1, 0.15) is 44.1 Å². The van der Waals surface area contributed by atoms with Gasteiger partial charge in [-0.1, -0.05) is 43.9 Å². The van der Waals surface area contributed by atoms with Crippen LogP contribution >= 0.6 is 0 Å². The Morgan fingerprint density at radius 1 is 1.09 bits per heavy atom. The maximum absolute atomic E-state index is 12.8. The van der Waals surface area contributed by atoms with Crippen LogP contribution in [-0.2, 0) is 11.3 Å². The Hall–Kier alpha value is -3.72. The topological polar surface area (TPSA) is 76.3 Å². The van der Waals surface area contributed by atoms with E-state index >= 15 is 0 Å². The minimum absolute atomic E-state index is 0.140. The molecule has 1 heterocycles. The van der Waals surface area contributed by atoms with Crippen molar-refractivity contribution in [2.75, 3.05) is 13.7 Å². The van der Waals surface area contributed by atoms with E-state index in [0.29, 0.717) is 13.2 Å². The zero-order chi connectivity index (χ0) is 23.8. The average Bonchev–Trinajstić information content (AvgIpc) is 3.02.